The Balaban J connectivity index is 1.33. The number of nitrogens with zero attached hydrogens (tertiary/aromatic N) is 3. The first-order valence-electron chi connectivity index (χ1n) is 19.7. The number of hydrogen-bond donors (Lipinski definition) is 4. The Bertz CT molecular complexity index is 2140. The lowest BCUT2D eigenvalue weighted by atomic mass is 10.0. The van der Waals surface area contributed by atoms with Crippen LogP contribution >= 0.6 is 11.3 Å². The maximum atomic E-state index is 14.0. The number of hydrogen-bond acceptors (Lipinski definition) is 13. The van der Waals surface area contributed by atoms with E-state index in [1.54, 1.807) is 56.9 Å². The van der Waals surface area contributed by atoms with Crippen molar-refractivity contribution in [1.29, 1.82) is 5.41 Å². The monoisotopic (exact) mass is 856 g/mol. The van der Waals surface area contributed by atoms with Crippen LogP contribution in [0.5, 0.6) is 5.75 Å². The van der Waals surface area contributed by atoms with E-state index in [1.807, 2.05) is 81.4 Å². The Hall–Kier alpha value is -6.49. The van der Waals surface area contributed by atoms with Crippen LogP contribution in [0.1, 0.15) is 87.7 Å². The number of aryl methyl sites for hydroxylation is 1. The molecule has 1 saturated heterocycles. The topological polar surface area (TPSA) is 211 Å². The molecule has 0 saturated carbocycles. The number of aromatic nitrogens is 1. The van der Waals surface area contributed by atoms with Gasteiger partial charge in [-0.1, -0.05) is 65.8 Å². The SMILES string of the molecule is Cc1sc(NC(=O)OC(C)(C)C)nc1/C(=N/O[C@@H](COc1ccc(C(=N)N[C@@H]2CCCN(C(=O)OC(C)(C)C)C2)cc1)C(=O)OC(c1ccccc1)c1ccccc1)C(=O)O. The van der Waals surface area contributed by atoms with Crippen molar-refractivity contribution in [3.8, 4) is 5.75 Å². The molecule has 0 radical (unpaired) electrons. The average Bonchev–Trinajstić information content (AvgIpc) is 3.55. The van der Waals surface area contributed by atoms with E-state index in [1.165, 1.54) is 0 Å². The quantitative estimate of drug-likeness (QED) is 0.0316. The Labute approximate surface area is 358 Å². The minimum atomic E-state index is -1.58. The fourth-order valence-corrected chi connectivity index (χ4v) is 6.84. The number of thiazole rings is 1. The molecule has 2 heterocycles. The molecule has 3 aromatic carbocycles. The second-order valence-electron chi connectivity index (χ2n) is 16.1. The number of aliphatic carboxylic acids is 1. The standard InChI is InChI=1S/C44H52N6O10S/c1-27-34(47-40(61-27)48-41(54)58-43(2,3)4)35(38(51)52)49-60-33(39(53)57-36(28-15-10-8-11-16-28)29-17-12-9-13-18-29)26-56-32-22-20-30(21-23-32)37(45)46-31-19-14-24-50(25-31)42(55)59-44(5,6)7/h8-13,15-18,20-23,31,33,36H,14,19,24-26H2,1-7H3,(H2,45,46)(H,51,52)(H,47,48,54)/b49-35-/t31-,33+/m1/s1. The molecule has 61 heavy (non-hydrogen) atoms. The van der Waals surface area contributed by atoms with Crippen molar-refractivity contribution < 1.29 is 48.1 Å². The summed E-state index contributed by atoms with van der Waals surface area (Å²) in [7, 11) is 0. The van der Waals surface area contributed by atoms with Gasteiger partial charge in [0.25, 0.3) is 6.10 Å². The zero-order chi connectivity index (χ0) is 44.3. The molecule has 2 amide bonds. The summed E-state index contributed by atoms with van der Waals surface area (Å²) in [4.78, 5) is 63.6. The number of ether oxygens (including phenoxy) is 4. The van der Waals surface area contributed by atoms with Gasteiger partial charge >= 0.3 is 24.1 Å². The second kappa shape index (κ2) is 20.2. The lowest BCUT2D eigenvalue weighted by molar-refractivity contribution is -0.163. The third kappa shape index (κ3) is 13.8. The predicted molar refractivity (Wildman–Crippen MR) is 229 cm³/mol. The molecule has 4 aromatic rings. The van der Waals surface area contributed by atoms with E-state index in [9.17, 15) is 24.3 Å². The summed E-state index contributed by atoms with van der Waals surface area (Å²) in [5.41, 5.74) is -0.213. The molecule has 17 heteroatoms. The van der Waals surface area contributed by atoms with E-state index in [0.29, 0.717) is 40.4 Å². The van der Waals surface area contributed by atoms with Crippen molar-refractivity contribution in [2.45, 2.75) is 90.8 Å². The Kier molecular flexibility index (Phi) is 15.1. The second-order valence-corrected chi connectivity index (χ2v) is 17.4. The molecular formula is C44H52N6O10S. The first-order valence-corrected chi connectivity index (χ1v) is 20.5. The highest BCUT2D eigenvalue weighted by Gasteiger charge is 2.31. The van der Waals surface area contributed by atoms with Crippen LogP contribution in [-0.4, -0.2) is 93.7 Å². The van der Waals surface area contributed by atoms with Gasteiger partial charge in [-0.05, 0) is 96.7 Å². The highest BCUT2D eigenvalue weighted by molar-refractivity contribution is 7.16. The van der Waals surface area contributed by atoms with Gasteiger partial charge in [0.2, 0.25) is 5.71 Å². The third-order valence-electron chi connectivity index (χ3n) is 8.77. The molecule has 1 aliphatic heterocycles. The van der Waals surface area contributed by atoms with Crippen LogP contribution < -0.4 is 15.4 Å². The molecule has 0 unspecified atom stereocenters. The zero-order valence-corrected chi connectivity index (χ0v) is 36.0. The first kappa shape index (κ1) is 45.6. The number of anilines is 1. The summed E-state index contributed by atoms with van der Waals surface area (Å²) in [5.74, 6) is -1.94. The molecule has 0 aliphatic carbocycles. The zero-order valence-electron chi connectivity index (χ0n) is 35.2. The van der Waals surface area contributed by atoms with E-state index >= 15 is 0 Å². The molecule has 0 spiro atoms. The van der Waals surface area contributed by atoms with E-state index < -0.39 is 59.9 Å². The van der Waals surface area contributed by atoms with Gasteiger partial charge in [-0.25, -0.2) is 24.2 Å². The lowest BCUT2D eigenvalue weighted by Crippen LogP contribution is -2.50. The van der Waals surface area contributed by atoms with Crippen LogP contribution in [0.2, 0.25) is 0 Å². The fraction of sp³-hybridized carbons (Fsp3) is 0.386. The maximum absolute atomic E-state index is 14.0. The molecule has 16 nitrogen and oxygen atoms in total. The van der Waals surface area contributed by atoms with Crippen molar-refractivity contribution >= 4 is 52.1 Å². The number of benzene rings is 3. The number of rotatable bonds is 14. The van der Waals surface area contributed by atoms with Crippen molar-refractivity contribution in [2.24, 2.45) is 5.16 Å². The van der Waals surface area contributed by atoms with E-state index in [4.69, 9.17) is 29.2 Å². The van der Waals surface area contributed by atoms with Gasteiger partial charge in [0.15, 0.2) is 11.2 Å². The van der Waals surface area contributed by atoms with E-state index in [0.717, 1.165) is 24.2 Å². The number of piperidine rings is 1. The molecule has 1 fully saturated rings. The molecule has 0 bridgehead atoms. The normalized spacial score (nSPS) is 15.0. The van der Waals surface area contributed by atoms with Gasteiger partial charge < -0.3 is 39.1 Å². The highest BCUT2D eigenvalue weighted by atomic mass is 32.1. The third-order valence-corrected chi connectivity index (χ3v) is 9.66. The summed E-state index contributed by atoms with van der Waals surface area (Å²) in [6.07, 6.45) is -2.08. The van der Waals surface area contributed by atoms with Crippen LogP contribution in [0.3, 0.4) is 0 Å². The van der Waals surface area contributed by atoms with E-state index in [-0.39, 0.29) is 22.7 Å². The fourth-order valence-electron chi connectivity index (χ4n) is 6.04. The van der Waals surface area contributed by atoms with Crippen LogP contribution in [0.15, 0.2) is 90.1 Å². The number of nitrogens with one attached hydrogen (secondary N) is 3. The number of amidine groups is 1. The molecule has 324 valence electrons. The summed E-state index contributed by atoms with van der Waals surface area (Å²) < 4.78 is 22.9. The molecule has 1 aromatic heterocycles. The minimum Gasteiger partial charge on any atom is -0.489 e. The first-order chi connectivity index (χ1) is 28.8. The number of esters is 1. The van der Waals surface area contributed by atoms with Gasteiger partial charge in [0.05, 0.1) is 0 Å². The van der Waals surface area contributed by atoms with Gasteiger partial charge in [-0.3, -0.25) is 10.7 Å². The molecular weight excluding hydrogens is 805 g/mol. The Morgan fingerprint density at radius 2 is 1.52 bits per heavy atom. The number of carboxylic acids is 1. The van der Waals surface area contributed by atoms with Gasteiger partial charge in [-0.2, -0.15) is 0 Å². The van der Waals surface area contributed by atoms with Crippen LogP contribution in [-0.2, 0) is 28.6 Å². The number of carboxylic acid groups (broad SMARTS) is 1. The number of likely N-dealkylation sites (tertiary alicyclic amines) is 1. The smallest absolute Gasteiger partial charge is 0.413 e. The van der Waals surface area contributed by atoms with Crippen molar-refractivity contribution in [3.05, 3.63) is 112 Å². The van der Waals surface area contributed by atoms with Gasteiger partial charge in [0, 0.05) is 29.6 Å². The van der Waals surface area contributed by atoms with Crippen molar-refractivity contribution in [1.82, 2.24) is 15.2 Å². The number of amides is 2. The summed E-state index contributed by atoms with van der Waals surface area (Å²) in [5, 5.41) is 28.6. The van der Waals surface area contributed by atoms with Crippen molar-refractivity contribution in [2.75, 3.05) is 25.0 Å². The highest BCUT2D eigenvalue weighted by Crippen LogP contribution is 2.28. The minimum absolute atomic E-state index is 0.0665. The van der Waals surface area contributed by atoms with Gasteiger partial charge in [-0.15, -0.1) is 11.3 Å². The van der Waals surface area contributed by atoms with E-state index in [2.05, 4.69) is 20.8 Å². The van der Waals surface area contributed by atoms with Crippen LogP contribution in [0, 0.1) is 12.3 Å². The number of oxime groups is 1. The van der Waals surface area contributed by atoms with Gasteiger partial charge in [0.1, 0.15) is 35.1 Å². The lowest BCUT2D eigenvalue weighted by Gasteiger charge is -2.34. The molecule has 5 rings (SSSR count). The molecule has 2 atom stereocenters. The Morgan fingerprint density at radius 1 is 0.918 bits per heavy atom. The number of carbonyl (C=O) groups is 4. The maximum Gasteiger partial charge on any atom is 0.413 e. The molecule has 1 aliphatic rings. The summed E-state index contributed by atoms with van der Waals surface area (Å²) in [6.45, 7) is 12.7. The van der Waals surface area contributed by atoms with Crippen molar-refractivity contribution in [3.63, 3.8) is 0 Å². The summed E-state index contributed by atoms with van der Waals surface area (Å²) in [6, 6.07) is 24.6. The van der Waals surface area contributed by atoms with Crippen LogP contribution in [0.25, 0.3) is 0 Å². The van der Waals surface area contributed by atoms with Crippen LogP contribution in [0.4, 0.5) is 14.7 Å². The molecule has 4 N–H and O–H groups in total. The average molecular weight is 857 g/mol. The predicted octanol–water partition coefficient (Wildman–Crippen LogP) is 7.70. The largest absolute Gasteiger partial charge is 0.489 e. The Morgan fingerprint density at radius 3 is 2.10 bits per heavy atom. The summed E-state index contributed by atoms with van der Waals surface area (Å²) >= 11 is 1.00. The number of carbonyl (C=O) groups excluding carboxylic acids is 3.